The van der Waals surface area contributed by atoms with E-state index in [4.69, 9.17) is 15.1 Å². The number of aromatic hydroxyl groups is 1. The van der Waals surface area contributed by atoms with Crippen LogP contribution in [0.1, 0.15) is 18.4 Å². The Balaban J connectivity index is 3.37. The van der Waals surface area contributed by atoms with Crippen molar-refractivity contribution in [2.45, 2.75) is 12.8 Å². The van der Waals surface area contributed by atoms with Gasteiger partial charge in [0, 0.05) is 0 Å². The van der Waals surface area contributed by atoms with Crippen LogP contribution >= 0.6 is 0 Å². The molecule has 0 saturated heterocycles. The Kier molecular flexibility index (Phi) is 2.92. The third-order valence-corrected chi connectivity index (χ3v) is 1.97. The lowest BCUT2D eigenvalue weighted by atomic mass is 10.0. The number of phenols is 1. The Morgan fingerprint density at radius 1 is 1.57 bits per heavy atom. The molecule has 0 aliphatic rings. The summed E-state index contributed by atoms with van der Waals surface area (Å²) < 4.78 is 18.3. The number of halogens is 1. The molecular weight excluding hydrogens is 185 g/mol. The van der Waals surface area contributed by atoms with E-state index in [1.807, 2.05) is 6.07 Å². The summed E-state index contributed by atoms with van der Waals surface area (Å²) in [5, 5.41) is 17.8. The summed E-state index contributed by atoms with van der Waals surface area (Å²) in [7, 11) is 1.39. The molecule has 1 atom stereocenters. The maximum Gasteiger partial charge on any atom is 0.173 e. The fourth-order valence-corrected chi connectivity index (χ4v) is 1.21. The SMILES string of the molecule is COc1ccc(O)c(F)c1C(C)C#N. The quantitative estimate of drug-likeness (QED) is 0.786. The normalized spacial score (nSPS) is 11.9. The third-order valence-electron chi connectivity index (χ3n) is 1.97. The fraction of sp³-hybridized carbons (Fsp3) is 0.300. The van der Waals surface area contributed by atoms with Gasteiger partial charge in [-0.3, -0.25) is 0 Å². The van der Waals surface area contributed by atoms with E-state index in [1.165, 1.54) is 19.2 Å². The summed E-state index contributed by atoms with van der Waals surface area (Å²) in [6, 6.07) is 4.52. The summed E-state index contributed by atoms with van der Waals surface area (Å²) in [6.45, 7) is 1.54. The fourth-order valence-electron chi connectivity index (χ4n) is 1.21. The summed E-state index contributed by atoms with van der Waals surface area (Å²) in [5.74, 6) is -1.65. The number of ether oxygens (including phenoxy) is 1. The minimum atomic E-state index is -0.793. The van der Waals surface area contributed by atoms with Crippen molar-refractivity contribution in [1.82, 2.24) is 0 Å². The van der Waals surface area contributed by atoms with Crippen LogP contribution in [0, 0.1) is 17.1 Å². The molecule has 0 aliphatic carbocycles. The molecule has 0 spiro atoms. The molecule has 0 radical (unpaired) electrons. The first-order valence-corrected chi connectivity index (χ1v) is 4.06. The van der Waals surface area contributed by atoms with Crippen molar-refractivity contribution in [3.05, 3.63) is 23.5 Å². The number of nitrogens with zero attached hydrogens (tertiary/aromatic N) is 1. The Hall–Kier alpha value is -1.76. The highest BCUT2D eigenvalue weighted by Gasteiger charge is 2.19. The number of hydrogen-bond donors (Lipinski definition) is 1. The van der Waals surface area contributed by atoms with Crippen LogP contribution in [0.3, 0.4) is 0 Å². The Morgan fingerprint density at radius 3 is 2.71 bits per heavy atom. The standard InChI is InChI=1S/C10H10FNO2/c1-6(5-12)9-8(14-2)4-3-7(13)10(9)11/h3-4,6,13H,1-2H3. The summed E-state index contributed by atoms with van der Waals surface area (Å²) >= 11 is 0. The van der Waals surface area contributed by atoms with Gasteiger partial charge >= 0.3 is 0 Å². The molecule has 0 aromatic heterocycles. The van der Waals surface area contributed by atoms with Gasteiger partial charge in [0.2, 0.25) is 0 Å². The van der Waals surface area contributed by atoms with E-state index < -0.39 is 17.5 Å². The van der Waals surface area contributed by atoms with Crippen molar-refractivity contribution >= 4 is 0 Å². The van der Waals surface area contributed by atoms with Gasteiger partial charge in [0.15, 0.2) is 11.6 Å². The lowest BCUT2D eigenvalue weighted by Gasteiger charge is -2.11. The van der Waals surface area contributed by atoms with Gasteiger partial charge in [0.05, 0.1) is 24.7 Å². The molecular formula is C10H10FNO2. The number of hydrogen-bond acceptors (Lipinski definition) is 3. The van der Waals surface area contributed by atoms with Gasteiger partial charge in [-0.1, -0.05) is 0 Å². The highest BCUT2D eigenvalue weighted by atomic mass is 19.1. The highest BCUT2D eigenvalue weighted by Crippen LogP contribution is 2.33. The topological polar surface area (TPSA) is 53.2 Å². The molecule has 74 valence electrons. The van der Waals surface area contributed by atoms with Crippen LogP contribution in [-0.4, -0.2) is 12.2 Å². The van der Waals surface area contributed by atoms with E-state index >= 15 is 0 Å². The van der Waals surface area contributed by atoms with Crippen LogP contribution < -0.4 is 4.74 Å². The molecule has 0 amide bonds. The first-order valence-electron chi connectivity index (χ1n) is 4.06. The molecule has 1 rings (SSSR count). The van der Waals surface area contributed by atoms with Crippen LogP contribution in [0.15, 0.2) is 12.1 Å². The monoisotopic (exact) mass is 195 g/mol. The second-order valence-corrected chi connectivity index (χ2v) is 2.87. The molecule has 1 aromatic carbocycles. The van der Waals surface area contributed by atoms with Gasteiger partial charge in [0.25, 0.3) is 0 Å². The van der Waals surface area contributed by atoms with E-state index in [2.05, 4.69) is 0 Å². The van der Waals surface area contributed by atoms with Gasteiger partial charge in [-0.15, -0.1) is 0 Å². The van der Waals surface area contributed by atoms with Gasteiger partial charge in [-0.2, -0.15) is 5.26 Å². The molecule has 0 aliphatic heterocycles. The van der Waals surface area contributed by atoms with Crippen LogP contribution in [-0.2, 0) is 0 Å². The van der Waals surface area contributed by atoms with Gasteiger partial charge in [0.1, 0.15) is 5.75 Å². The largest absolute Gasteiger partial charge is 0.505 e. The predicted octanol–water partition coefficient (Wildman–Crippen LogP) is 2.17. The van der Waals surface area contributed by atoms with Crippen molar-refractivity contribution in [1.29, 1.82) is 5.26 Å². The van der Waals surface area contributed by atoms with E-state index in [0.29, 0.717) is 0 Å². The van der Waals surface area contributed by atoms with Crippen molar-refractivity contribution in [3.8, 4) is 17.6 Å². The molecule has 0 fully saturated rings. The first kappa shape index (κ1) is 10.3. The predicted molar refractivity (Wildman–Crippen MR) is 48.6 cm³/mol. The molecule has 3 nitrogen and oxygen atoms in total. The second kappa shape index (κ2) is 3.97. The molecule has 0 saturated carbocycles. The number of phenolic OH excluding ortho intramolecular Hbond substituents is 1. The van der Waals surface area contributed by atoms with Crippen LogP contribution in [0.4, 0.5) is 4.39 Å². The highest BCUT2D eigenvalue weighted by molar-refractivity contribution is 5.45. The van der Waals surface area contributed by atoms with E-state index in [9.17, 15) is 4.39 Å². The summed E-state index contributed by atoms with van der Waals surface area (Å²) in [4.78, 5) is 0. The smallest absolute Gasteiger partial charge is 0.173 e. The average Bonchev–Trinajstić information content (AvgIpc) is 2.20. The lowest BCUT2D eigenvalue weighted by molar-refractivity contribution is 0.389. The molecule has 4 heteroatoms. The Morgan fingerprint density at radius 2 is 2.21 bits per heavy atom. The van der Waals surface area contributed by atoms with Gasteiger partial charge in [-0.25, -0.2) is 4.39 Å². The average molecular weight is 195 g/mol. The molecule has 14 heavy (non-hydrogen) atoms. The van der Waals surface area contributed by atoms with Crippen molar-refractivity contribution in [3.63, 3.8) is 0 Å². The van der Waals surface area contributed by atoms with Crippen molar-refractivity contribution in [2.75, 3.05) is 7.11 Å². The minimum Gasteiger partial charge on any atom is -0.505 e. The van der Waals surface area contributed by atoms with E-state index in [-0.39, 0.29) is 11.3 Å². The number of methoxy groups -OCH3 is 1. The lowest BCUT2D eigenvalue weighted by Crippen LogP contribution is -1.99. The molecule has 1 N–H and O–H groups in total. The summed E-state index contributed by atoms with van der Waals surface area (Å²) in [5.41, 5.74) is 0.0926. The van der Waals surface area contributed by atoms with Crippen LogP contribution in [0.5, 0.6) is 11.5 Å². The maximum absolute atomic E-state index is 13.4. The zero-order chi connectivity index (χ0) is 10.7. The van der Waals surface area contributed by atoms with Crippen molar-refractivity contribution < 1.29 is 14.2 Å². The summed E-state index contributed by atoms with van der Waals surface area (Å²) in [6.07, 6.45) is 0. The Labute approximate surface area is 81.4 Å². The number of rotatable bonds is 2. The number of nitriles is 1. The molecule has 0 heterocycles. The zero-order valence-electron chi connectivity index (χ0n) is 7.91. The van der Waals surface area contributed by atoms with E-state index in [1.54, 1.807) is 6.92 Å². The van der Waals surface area contributed by atoms with Crippen LogP contribution in [0.2, 0.25) is 0 Å². The zero-order valence-corrected chi connectivity index (χ0v) is 7.91. The first-order chi connectivity index (χ1) is 6.61. The Bertz CT molecular complexity index is 384. The van der Waals surface area contributed by atoms with Crippen molar-refractivity contribution in [2.24, 2.45) is 0 Å². The van der Waals surface area contributed by atoms with E-state index in [0.717, 1.165) is 0 Å². The molecule has 0 bridgehead atoms. The number of benzene rings is 1. The third kappa shape index (κ3) is 1.62. The molecule has 1 unspecified atom stereocenters. The minimum absolute atomic E-state index is 0.0926. The second-order valence-electron chi connectivity index (χ2n) is 2.87. The van der Waals surface area contributed by atoms with Crippen LogP contribution in [0.25, 0.3) is 0 Å². The molecule has 1 aromatic rings. The van der Waals surface area contributed by atoms with Gasteiger partial charge < -0.3 is 9.84 Å². The van der Waals surface area contributed by atoms with Gasteiger partial charge in [-0.05, 0) is 19.1 Å². The maximum atomic E-state index is 13.4.